The third kappa shape index (κ3) is 15.4. The lowest BCUT2D eigenvalue weighted by atomic mass is 10.1. The Bertz CT molecular complexity index is 850. The molecule has 0 aromatic rings. The molecule has 0 rings (SSSR count). The number of carboxylic acid groups (broad SMARTS) is 2. The van der Waals surface area contributed by atoms with Gasteiger partial charge in [0.15, 0.2) is 5.96 Å². The Morgan fingerprint density at radius 2 is 1.28 bits per heavy atom. The second-order valence-corrected chi connectivity index (χ2v) is 7.13. The molecule has 0 unspecified atom stereocenters. The summed E-state index contributed by atoms with van der Waals surface area (Å²) in [5.74, 6) is -7.19. The van der Waals surface area contributed by atoms with Crippen molar-refractivity contribution in [2.45, 2.75) is 31.3 Å². The summed E-state index contributed by atoms with van der Waals surface area (Å²) in [5.41, 5.74) is 10.3. The van der Waals surface area contributed by atoms with Crippen LogP contribution < -0.4 is 43.4 Å². The van der Waals surface area contributed by atoms with Crippen LogP contribution in [0.3, 0.4) is 0 Å². The molecule has 0 spiro atoms. The van der Waals surface area contributed by atoms with Gasteiger partial charge in [-0.2, -0.15) is 0 Å². The van der Waals surface area contributed by atoms with E-state index in [0.717, 1.165) is 0 Å². The first-order valence-electron chi connectivity index (χ1n) is 10.5. The van der Waals surface area contributed by atoms with Gasteiger partial charge in [-0.3, -0.25) is 34.2 Å². The van der Waals surface area contributed by atoms with Crippen LogP contribution in [0.2, 0.25) is 0 Å². The maximum absolute atomic E-state index is 12.5. The highest BCUT2D eigenvalue weighted by Crippen LogP contribution is 1.98. The predicted octanol–water partition coefficient (Wildman–Crippen LogP) is -5.91. The number of rotatable bonds is 17. The lowest BCUT2D eigenvalue weighted by Gasteiger charge is -2.19. The van der Waals surface area contributed by atoms with E-state index in [0.29, 0.717) is 0 Å². The van der Waals surface area contributed by atoms with Crippen LogP contribution >= 0.6 is 0 Å². The Labute approximate surface area is 204 Å². The van der Waals surface area contributed by atoms with Crippen LogP contribution in [-0.2, 0) is 33.6 Å². The molecule has 0 saturated carbocycles. The maximum Gasteiger partial charge on any atom is 0.326 e. The highest BCUT2D eigenvalue weighted by atomic mass is 16.4. The largest absolute Gasteiger partial charge is 0.481 e. The molecule has 18 nitrogen and oxygen atoms in total. The lowest BCUT2D eigenvalue weighted by molar-refractivity contribution is -0.147. The summed E-state index contributed by atoms with van der Waals surface area (Å²) in [6.45, 7) is -1.81. The van der Waals surface area contributed by atoms with E-state index in [1.807, 2.05) is 5.32 Å². The van der Waals surface area contributed by atoms with Gasteiger partial charge in [0.05, 0.1) is 32.6 Å². The maximum atomic E-state index is 12.5. The molecule has 0 heterocycles. The Balaban J connectivity index is 4.89. The van der Waals surface area contributed by atoms with Gasteiger partial charge < -0.3 is 53.6 Å². The molecule has 2 atom stereocenters. The fraction of sp³-hybridized carbons (Fsp3) is 0.556. The Morgan fingerprint density at radius 1 is 0.750 bits per heavy atom. The van der Waals surface area contributed by atoms with E-state index in [9.17, 15) is 33.6 Å². The summed E-state index contributed by atoms with van der Waals surface area (Å²) in [6, 6.07) is -2.90. The average molecular weight is 518 g/mol. The summed E-state index contributed by atoms with van der Waals surface area (Å²) < 4.78 is 0. The molecule has 0 saturated heterocycles. The first kappa shape index (κ1) is 31.5. The molecule has 0 aliphatic carbocycles. The molecule has 0 fully saturated rings. The molecule has 0 radical (unpaired) electrons. The second-order valence-electron chi connectivity index (χ2n) is 7.13. The first-order chi connectivity index (χ1) is 16.8. The number of guanidine groups is 1. The van der Waals surface area contributed by atoms with Gasteiger partial charge >= 0.3 is 11.9 Å². The van der Waals surface area contributed by atoms with Crippen molar-refractivity contribution < 1.29 is 43.8 Å². The van der Waals surface area contributed by atoms with E-state index < -0.39 is 79.6 Å². The molecule has 202 valence electrons. The smallest absolute Gasteiger partial charge is 0.326 e. The van der Waals surface area contributed by atoms with E-state index in [1.165, 1.54) is 0 Å². The van der Waals surface area contributed by atoms with Crippen LogP contribution in [0.25, 0.3) is 0 Å². The molecular weight excluding hydrogens is 486 g/mol. The summed E-state index contributed by atoms with van der Waals surface area (Å²) in [7, 11) is 0. The number of carboxylic acids is 2. The Kier molecular flexibility index (Phi) is 14.9. The monoisotopic (exact) mass is 517 g/mol. The SMILES string of the molecule is N=C(N)NCCC[C@H](NC(=O)CNC(=O)CNC(=O)CN)C(=O)NCC(=O)N[C@@H](CC(=O)O)C(=O)O. The van der Waals surface area contributed by atoms with Gasteiger partial charge in [-0.1, -0.05) is 0 Å². The molecule has 0 aliphatic heterocycles. The number of nitrogens with one attached hydrogen (secondary N) is 7. The zero-order valence-electron chi connectivity index (χ0n) is 19.2. The second kappa shape index (κ2) is 17.0. The quantitative estimate of drug-likeness (QED) is 0.0488. The van der Waals surface area contributed by atoms with Crippen LogP contribution in [-0.4, -0.2) is 102 Å². The van der Waals surface area contributed by atoms with E-state index in [4.69, 9.17) is 27.1 Å². The highest BCUT2D eigenvalue weighted by molar-refractivity contribution is 5.93. The van der Waals surface area contributed by atoms with Gasteiger partial charge in [0, 0.05) is 6.54 Å². The molecule has 0 aromatic carbocycles. The van der Waals surface area contributed by atoms with Gasteiger partial charge in [-0.05, 0) is 12.8 Å². The summed E-state index contributed by atoms with van der Waals surface area (Å²) in [4.78, 5) is 81.0. The molecule has 0 aromatic heterocycles. The predicted molar refractivity (Wildman–Crippen MR) is 121 cm³/mol. The standard InChI is InChI=1S/C18H31N9O9/c19-5-11(28)23-6-12(29)24-7-13(30)26-9(2-1-3-22-18(20)21)16(34)25-8-14(31)27-10(17(35)36)4-15(32)33/h9-10H,1-8,19H2,(H,23,28)(H,24,29)(H,25,34)(H,26,30)(H,27,31)(H,32,33)(H,35,36)(H4,20,21,22)/t9-,10-/m0/s1. The van der Waals surface area contributed by atoms with Gasteiger partial charge in [-0.15, -0.1) is 0 Å². The Morgan fingerprint density at radius 3 is 1.81 bits per heavy atom. The van der Waals surface area contributed by atoms with E-state index >= 15 is 0 Å². The van der Waals surface area contributed by atoms with Gasteiger partial charge in [-0.25, -0.2) is 4.79 Å². The molecule has 18 heteroatoms. The van der Waals surface area contributed by atoms with Gasteiger partial charge in [0.1, 0.15) is 12.1 Å². The highest BCUT2D eigenvalue weighted by Gasteiger charge is 2.25. The van der Waals surface area contributed by atoms with E-state index in [1.54, 1.807) is 0 Å². The molecule has 0 aliphatic rings. The summed E-state index contributed by atoms with van der Waals surface area (Å²) >= 11 is 0. The number of amides is 5. The van der Waals surface area contributed by atoms with Crippen molar-refractivity contribution in [2.24, 2.45) is 11.5 Å². The first-order valence-corrected chi connectivity index (χ1v) is 10.5. The fourth-order valence-electron chi connectivity index (χ4n) is 2.45. The number of hydrogen-bond acceptors (Lipinski definition) is 9. The molecule has 5 amide bonds. The van der Waals surface area contributed by atoms with Crippen molar-refractivity contribution in [1.29, 1.82) is 5.41 Å². The van der Waals surface area contributed by atoms with Crippen LogP contribution in [0, 0.1) is 5.41 Å². The normalized spacial score (nSPS) is 11.7. The van der Waals surface area contributed by atoms with Crippen LogP contribution in [0.1, 0.15) is 19.3 Å². The molecular formula is C18H31N9O9. The van der Waals surface area contributed by atoms with E-state index in [2.05, 4.69) is 26.6 Å². The summed E-state index contributed by atoms with van der Waals surface area (Å²) in [5, 5.41) is 38.2. The van der Waals surface area contributed by atoms with E-state index in [-0.39, 0.29) is 31.9 Å². The number of hydrogen-bond donors (Lipinski definition) is 11. The van der Waals surface area contributed by atoms with Crippen LogP contribution in [0.5, 0.6) is 0 Å². The van der Waals surface area contributed by atoms with Crippen molar-refractivity contribution in [3.8, 4) is 0 Å². The zero-order valence-corrected chi connectivity index (χ0v) is 19.2. The van der Waals surface area contributed by atoms with Crippen molar-refractivity contribution >= 4 is 47.4 Å². The number of carbonyl (C=O) groups is 7. The van der Waals surface area contributed by atoms with Gasteiger partial charge in [0.25, 0.3) is 0 Å². The minimum absolute atomic E-state index is 0.0245. The Hall–Kier alpha value is -4.48. The van der Waals surface area contributed by atoms with Crippen molar-refractivity contribution in [1.82, 2.24) is 31.9 Å². The van der Waals surface area contributed by atoms with Crippen LogP contribution in [0.15, 0.2) is 0 Å². The molecule has 13 N–H and O–H groups in total. The van der Waals surface area contributed by atoms with Crippen molar-refractivity contribution in [3.05, 3.63) is 0 Å². The molecule has 0 bridgehead atoms. The van der Waals surface area contributed by atoms with Crippen molar-refractivity contribution in [2.75, 3.05) is 32.7 Å². The minimum Gasteiger partial charge on any atom is -0.481 e. The number of aliphatic carboxylic acids is 2. The van der Waals surface area contributed by atoms with Crippen molar-refractivity contribution in [3.63, 3.8) is 0 Å². The lowest BCUT2D eigenvalue weighted by Crippen LogP contribution is -2.52. The van der Waals surface area contributed by atoms with Crippen LogP contribution in [0.4, 0.5) is 0 Å². The zero-order chi connectivity index (χ0) is 27.7. The number of nitrogens with two attached hydrogens (primary N) is 2. The topological polar surface area (TPSA) is 308 Å². The van der Waals surface area contributed by atoms with Gasteiger partial charge in [0.2, 0.25) is 29.5 Å². The third-order valence-electron chi connectivity index (χ3n) is 4.15. The summed E-state index contributed by atoms with van der Waals surface area (Å²) in [6.07, 6.45) is -0.601. The number of carbonyl (C=O) groups excluding carboxylic acids is 5. The molecule has 36 heavy (non-hydrogen) atoms. The average Bonchev–Trinajstić information content (AvgIpc) is 2.80. The third-order valence-corrected chi connectivity index (χ3v) is 4.15. The fourth-order valence-corrected chi connectivity index (χ4v) is 2.45. The minimum atomic E-state index is -1.71.